The van der Waals surface area contributed by atoms with Crippen molar-refractivity contribution in [2.45, 2.75) is 72.1 Å². The van der Waals surface area contributed by atoms with E-state index < -0.39 is 35.8 Å². The molecule has 1 aromatic carbocycles. The Labute approximate surface area is 155 Å². The summed E-state index contributed by atoms with van der Waals surface area (Å²) in [6.07, 6.45) is -0.581. The summed E-state index contributed by atoms with van der Waals surface area (Å²) in [7, 11) is -0.666. The molecule has 1 heterocycles. The number of hydrogen-bond donors (Lipinski definition) is 0. The maximum atomic E-state index is 14.5. The second kappa shape index (κ2) is 6.85. The van der Waals surface area contributed by atoms with E-state index in [1.165, 1.54) is 17.0 Å². The maximum absolute atomic E-state index is 14.5. The van der Waals surface area contributed by atoms with Gasteiger partial charge in [0.15, 0.2) is 11.6 Å². The van der Waals surface area contributed by atoms with Crippen LogP contribution in [0.15, 0.2) is 18.2 Å². The molecule has 0 unspecified atom stereocenters. The lowest BCUT2D eigenvalue weighted by atomic mass is 9.79. The molecule has 144 valence electrons. The van der Waals surface area contributed by atoms with Crippen LogP contribution in [0, 0.1) is 5.82 Å². The quantitative estimate of drug-likeness (QED) is 0.766. The minimum Gasteiger partial charge on any atom is -0.407 e. The molecule has 5 nitrogen and oxygen atoms in total. The zero-order valence-electron chi connectivity index (χ0n) is 17.0. The third kappa shape index (κ3) is 4.04. The van der Waals surface area contributed by atoms with E-state index in [9.17, 15) is 9.18 Å². The van der Waals surface area contributed by atoms with Gasteiger partial charge in [0.1, 0.15) is 0 Å². The smallest absolute Gasteiger partial charge is 0.407 e. The highest BCUT2D eigenvalue weighted by atomic mass is 19.1. The summed E-state index contributed by atoms with van der Waals surface area (Å²) in [6.45, 7) is 15.8. The van der Waals surface area contributed by atoms with Gasteiger partial charge >= 0.3 is 13.2 Å². The van der Waals surface area contributed by atoms with E-state index in [0.29, 0.717) is 12.0 Å². The molecule has 1 saturated heterocycles. The van der Waals surface area contributed by atoms with Gasteiger partial charge in [0.2, 0.25) is 0 Å². The molecule has 0 saturated carbocycles. The van der Waals surface area contributed by atoms with Crippen molar-refractivity contribution < 1.29 is 23.2 Å². The fraction of sp³-hybridized carbons (Fsp3) is 0.632. The molecule has 1 fully saturated rings. The van der Waals surface area contributed by atoms with Crippen LogP contribution in [-0.4, -0.2) is 41.4 Å². The van der Waals surface area contributed by atoms with E-state index in [4.69, 9.17) is 14.0 Å². The summed E-state index contributed by atoms with van der Waals surface area (Å²) in [5, 5.41) is 0. The number of ether oxygens (including phenoxy) is 1. The molecule has 1 aliphatic heterocycles. The van der Waals surface area contributed by atoms with E-state index in [1.54, 1.807) is 6.07 Å². The van der Waals surface area contributed by atoms with E-state index in [1.807, 2.05) is 55.4 Å². The van der Waals surface area contributed by atoms with Crippen molar-refractivity contribution >= 4 is 18.7 Å². The van der Waals surface area contributed by atoms with Crippen molar-refractivity contribution in [1.29, 1.82) is 0 Å². The first-order chi connectivity index (χ1) is 11.8. The number of nitrogens with zero attached hydrogens (tertiary/aromatic N) is 1. The Kier molecular flexibility index (Phi) is 5.46. The Morgan fingerprint density at radius 3 is 2.15 bits per heavy atom. The number of hydrogen-bond acceptors (Lipinski definition) is 4. The molecule has 26 heavy (non-hydrogen) atoms. The van der Waals surface area contributed by atoms with Crippen LogP contribution >= 0.6 is 0 Å². The molecule has 2 rings (SSSR count). The standard InChI is InChI=1S/C19H29BFNO4/c1-9-22(17(2,3)4)16(23)24-15-11-10-13(12-14(15)21)20-25-18(5,6)19(7,8)26-20/h10-12H,9H2,1-8H3. The Hall–Kier alpha value is -1.60. The maximum Gasteiger partial charge on any atom is 0.494 e. The van der Waals surface area contributed by atoms with Crippen molar-refractivity contribution in [3.05, 3.63) is 24.0 Å². The zero-order valence-corrected chi connectivity index (χ0v) is 17.0. The summed E-state index contributed by atoms with van der Waals surface area (Å²) in [4.78, 5) is 13.9. The molecular weight excluding hydrogens is 336 g/mol. The predicted molar refractivity (Wildman–Crippen MR) is 100 cm³/mol. The highest BCUT2D eigenvalue weighted by Crippen LogP contribution is 2.36. The van der Waals surface area contributed by atoms with Crippen LogP contribution < -0.4 is 10.2 Å². The zero-order chi connectivity index (χ0) is 19.9. The lowest BCUT2D eigenvalue weighted by Gasteiger charge is -2.33. The van der Waals surface area contributed by atoms with Crippen LogP contribution in [0.3, 0.4) is 0 Å². The number of benzene rings is 1. The van der Waals surface area contributed by atoms with Crippen LogP contribution in [0.5, 0.6) is 5.75 Å². The first-order valence-corrected chi connectivity index (χ1v) is 8.93. The fourth-order valence-electron chi connectivity index (χ4n) is 2.75. The van der Waals surface area contributed by atoms with Gasteiger partial charge in [0, 0.05) is 12.1 Å². The second-order valence-electron chi connectivity index (χ2n) is 8.56. The predicted octanol–water partition coefficient (Wildman–Crippen LogP) is 3.74. The monoisotopic (exact) mass is 365 g/mol. The van der Waals surface area contributed by atoms with Gasteiger partial charge in [-0.3, -0.25) is 0 Å². The molecule has 0 aliphatic carbocycles. The average Bonchev–Trinajstić information content (AvgIpc) is 2.68. The molecule has 0 spiro atoms. The summed E-state index contributed by atoms with van der Waals surface area (Å²) in [5.74, 6) is -0.742. The largest absolute Gasteiger partial charge is 0.494 e. The molecule has 1 aromatic rings. The SMILES string of the molecule is CCN(C(=O)Oc1ccc(B2OC(C)(C)C(C)(C)O2)cc1F)C(C)(C)C. The first-order valence-electron chi connectivity index (χ1n) is 8.93. The Morgan fingerprint density at radius 1 is 1.19 bits per heavy atom. The van der Waals surface area contributed by atoms with E-state index in [2.05, 4.69) is 0 Å². The van der Waals surface area contributed by atoms with E-state index in [0.717, 1.165) is 0 Å². The van der Waals surface area contributed by atoms with Gasteiger partial charge < -0.3 is 18.9 Å². The molecule has 0 N–H and O–H groups in total. The van der Waals surface area contributed by atoms with Crippen LogP contribution in [0.2, 0.25) is 0 Å². The molecule has 0 atom stereocenters. The van der Waals surface area contributed by atoms with Crippen LogP contribution in [0.25, 0.3) is 0 Å². The fourth-order valence-corrected chi connectivity index (χ4v) is 2.75. The van der Waals surface area contributed by atoms with Crippen LogP contribution in [0.4, 0.5) is 9.18 Å². The number of amides is 1. The van der Waals surface area contributed by atoms with Gasteiger partial charge in [0.05, 0.1) is 11.2 Å². The van der Waals surface area contributed by atoms with Crippen molar-refractivity contribution in [2.75, 3.05) is 6.54 Å². The molecule has 0 bridgehead atoms. The summed E-state index contributed by atoms with van der Waals surface area (Å²) in [5.41, 5.74) is -0.879. The summed E-state index contributed by atoms with van der Waals surface area (Å²) in [6, 6.07) is 4.38. The second-order valence-corrected chi connectivity index (χ2v) is 8.56. The van der Waals surface area contributed by atoms with Crippen molar-refractivity contribution in [3.8, 4) is 5.75 Å². The Balaban J connectivity index is 2.17. The van der Waals surface area contributed by atoms with Crippen molar-refractivity contribution in [3.63, 3.8) is 0 Å². The lowest BCUT2D eigenvalue weighted by Crippen LogP contribution is -2.46. The van der Waals surface area contributed by atoms with Crippen LogP contribution in [0.1, 0.15) is 55.4 Å². The lowest BCUT2D eigenvalue weighted by molar-refractivity contribution is 0.00578. The van der Waals surface area contributed by atoms with Gasteiger partial charge in [-0.05, 0) is 73.0 Å². The van der Waals surface area contributed by atoms with E-state index in [-0.39, 0.29) is 5.75 Å². The number of carbonyl (C=O) groups excluding carboxylic acids is 1. The molecule has 1 aliphatic rings. The molecule has 0 aromatic heterocycles. The minimum atomic E-state index is -0.666. The van der Waals surface area contributed by atoms with Gasteiger partial charge in [-0.15, -0.1) is 0 Å². The first kappa shape index (κ1) is 20.7. The minimum absolute atomic E-state index is 0.113. The number of rotatable bonds is 3. The highest BCUT2D eigenvalue weighted by molar-refractivity contribution is 6.62. The Bertz CT molecular complexity index is 669. The van der Waals surface area contributed by atoms with Gasteiger partial charge in [0.25, 0.3) is 0 Å². The summed E-state index contributed by atoms with van der Waals surface area (Å²) >= 11 is 0. The van der Waals surface area contributed by atoms with Gasteiger partial charge in [-0.25, -0.2) is 9.18 Å². The highest BCUT2D eigenvalue weighted by Gasteiger charge is 2.51. The molecular formula is C19H29BFNO4. The molecule has 7 heteroatoms. The number of carbonyl (C=O) groups is 1. The van der Waals surface area contributed by atoms with Crippen molar-refractivity contribution in [1.82, 2.24) is 4.90 Å². The van der Waals surface area contributed by atoms with E-state index >= 15 is 0 Å². The average molecular weight is 365 g/mol. The third-order valence-corrected chi connectivity index (χ3v) is 5.02. The summed E-state index contributed by atoms with van der Waals surface area (Å²) < 4.78 is 31.6. The number of halogens is 1. The topological polar surface area (TPSA) is 48.0 Å². The van der Waals surface area contributed by atoms with Gasteiger partial charge in [-0.2, -0.15) is 0 Å². The normalized spacial score (nSPS) is 18.7. The van der Waals surface area contributed by atoms with Crippen LogP contribution in [-0.2, 0) is 9.31 Å². The van der Waals surface area contributed by atoms with Crippen molar-refractivity contribution in [2.24, 2.45) is 0 Å². The molecule has 0 radical (unpaired) electrons. The molecule has 1 amide bonds. The third-order valence-electron chi connectivity index (χ3n) is 5.02. The Morgan fingerprint density at radius 2 is 1.73 bits per heavy atom. The van der Waals surface area contributed by atoms with Gasteiger partial charge in [-0.1, -0.05) is 6.07 Å².